The zero-order chi connectivity index (χ0) is 25.9. The Morgan fingerprint density at radius 1 is 0.667 bits per heavy atom. The van der Waals surface area contributed by atoms with Crippen molar-refractivity contribution in [3.05, 3.63) is 112 Å². The number of benzene rings is 3. The van der Waals surface area contributed by atoms with Gasteiger partial charge in [-0.3, -0.25) is 10.1 Å². The third-order valence-electron chi connectivity index (χ3n) is 5.84. The summed E-state index contributed by atoms with van der Waals surface area (Å²) in [7, 11) is 0. The van der Waals surface area contributed by atoms with Crippen LogP contribution in [0.25, 0.3) is 0 Å². The lowest BCUT2D eigenvalue weighted by atomic mass is 9.95. The molecule has 0 aromatic heterocycles. The second kappa shape index (κ2) is 13.8. The summed E-state index contributed by atoms with van der Waals surface area (Å²) in [4.78, 5) is 10.3. The molecule has 0 amide bonds. The molecule has 4 N–H and O–H groups in total. The van der Waals surface area contributed by atoms with Gasteiger partial charge in [-0.25, -0.2) is 0 Å². The van der Waals surface area contributed by atoms with Crippen LogP contribution in [0.4, 0.5) is 5.69 Å². The molecule has 3 aromatic rings. The topological polar surface area (TPSA) is 143 Å². The van der Waals surface area contributed by atoms with Crippen LogP contribution >= 0.6 is 0 Å². The zero-order valence-electron chi connectivity index (χ0n) is 19.7. The molecule has 9 nitrogen and oxygen atoms in total. The van der Waals surface area contributed by atoms with Gasteiger partial charge in [0.2, 0.25) is 0 Å². The van der Waals surface area contributed by atoms with E-state index in [0.717, 1.165) is 11.1 Å². The molecule has 0 bridgehead atoms. The van der Waals surface area contributed by atoms with E-state index < -0.39 is 42.1 Å². The molecule has 0 aliphatic carbocycles. The number of hydrogen-bond donors (Lipinski definition) is 4. The van der Waals surface area contributed by atoms with Crippen LogP contribution < -0.4 is 0 Å². The Morgan fingerprint density at radius 3 is 1.67 bits per heavy atom. The Kier molecular flexibility index (Phi) is 10.5. The minimum absolute atomic E-state index is 0.0684. The number of ether oxygens (including phenoxy) is 2. The molecule has 192 valence electrons. The van der Waals surface area contributed by atoms with Gasteiger partial charge in [0.15, 0.2) is 0 Å². The van der Waals surface area contributed by atoms with E-state index in [2.05, 4.69) is 0 Å². The van der Waals surface area contributed by atoms with Crippen LogP contribution in [0.1, 0.15) is 16.7 Å². The summed E-state index contributed by atoms with van der Waals surface area (Å²) in [6.07, 6.45) is -6.57. The highest BCUT2D eigenvalue weighted by atomic mass is 16.6. The van der Waals surface area contributed by atoms with Gasteiger partial charge in [-0.1, -0.05) is 60.7 Å². The maximum atomic E-state index is 11.0. The van der Waals surface area contributed by atoms with Crippen molar-refractivity contribution >= 4 is 5.69 Å². The Hall–Kier alpha value is -3.18. The number of nitro benzene ring substituents is 1. The first-order chi connectivity index (χ1) is 17.4. The molecule has 36 heavy (non-hydrogen) atoms. The molecule has 0 fully saturated rings. The van der Waals surface area contributed by atoms with E-state index in [4.69, 9.17) is 9.47 Å². The highest BCUT2D eigenvalue weighted by Crippen LogP contribution is 2.19. The van der Waals surface area contributed by atoms with Crippen molar-refractivity contribution in [2.45, 2.75) is 50.2 Å². The van der Waals surface area contributed by atoms with E-state index in [1.807, 2.05) is 60.7 Å². The van der Waals surface area contributed by atoms with E-state index in [1.165, 1.54) is 24.3 Å². The van der Waals surface area contributed by atoms with Crippen molar-refractivity contribution in [2.24, 2.45) is 0 Å². The molecule has 3 rings (SSSR count). The molecule has 0 saturated carbocycles. The largest absolute Gasteiger partial charge is 0.394 e. The molecule has 0 aliphatic heterocycles. The molecule has 0 aliphatic rings. The van der Waals surface area contributed by atoms with Crippen LogP contribution in [0.3, 0.4) is 0 Å². The second-order valence-corrected chi connectivity index (χ2v) is 8.45. The quantitative estimate of drug-likeness (QED) is 0.196. The fraction of sp³-hybridized carbons (Fsp3) is 0.333. The van der Waals surface area contributed by atoms with Crippen LogP contribution in [0, 0.1) is 10.1 Å². The smallest absolute Gasteiger partial charge is 0.269 e. The number of nitrogens with zero attached hydrogens (tertiary/aromatic N) is 1. The molecular formula is C27H31NO8. The average molecular weight is 498 g/mol. The molecular weight excluding hydrogens is 466 g/mol. The normalized spacial score (nSPS) is 15.6. The maximum Gasteiger partial charge on any atom is 0.269 e. The third-order valence-corrected chi connectivity index (χ3v) is 5.84. The molecule has 0 heterocycles. The minimum atomic E-state index is -1.68. The van der Waals surface area contributed by atoms with Crippen molar-refractivity contribution in [3.8, 4) is 0 Å². The summed E-state index contributed by atoms with van der Waals surface area (Å²) in [5.41, 5.74) is 2.27. The summed E-state index contributed by atoms with van der Waals surface area (Å²) in [6.45, 7) is -0.495. The van der Waals surface area contributed by atoms with Crippen LogP contribution in [0.15, 0.2) is 84.9 Å². The SMILES string of the molecule is O=[N+]([O-])c1ccc(CO[C@H](CO)[C@@H](O)[C@H](O)[C@H](O)C(Cc2ccccc2)OCc2ccccc2)cc1. The Balaban J connectivity index is 1.65. The fourth-order valence-electron chi connectivity index (χ4n) is 3.72. The summed E-state index contributed by atoms with van der Waals surface area (Å²) in [5.74, 6) is 0. The Bertz CT molecular complexity index is 1050. The van der Waals surface area contributed by atoms with Gasteiger partial charge in [-0.05, 0) is 28.8 Å². The lowest BCUT2D eigenvalue weighted by molar-refractivity contribution is -0.384. The Morgan fingerprint density at radius 2 is 1.14 bits per heavy atom. The van der Waals surface area contributed by atoms with Crippen molar-refractivity contribution in [1.82, 2.24) is 0 Å². The molecule has 0 radical (unpaired) electrons. The zero-order valence-corrected chi connectivity index (χ0v) is 19.7. The van der Waals surface area contributed by atoms with E-state index in [0.29, 0.717) is 5.56 Å². The number of aliphatic hydroxyl groups excluding tert-OH is 4. The van der Waals surface area contributed by atoms with E-state index in [-0.39, 0.29) is 25.3 Å². The maximum absolute atomic E-state index is 11.0. The fourth-order valence-corrected chi connectivity index (χ4v) is 3.72. The molecule has 9 heteroatoms. The summed E-state index contributed by atoms with van der Waals surface area (Å²) in [6, 6.07) is 24.3. The minimum Gasteiger partial charge on any atom is -0.394 e. The lowest BCUT2D eigenvalue weighted by Gasteiger charge is -2.32. The molecule has 3 aromatic carbocycles. The first kappa shape index (κ1) is 27.4. The van der Waals surface area contributed by atoms with Crippen LogP contribution in [0.2, 0.25) is 0 Å². The van der Waals surface area contributed by atoms with Gasteiger partial charge in [-0.15, -0.1) is 0 Å². The van der Waals surface area contributed by atoms with E-state index in [1.54, 1.807) is 0 Å². The standard InChI is InChI=1S/C27H31NO8/c29-16-24(36-18-21-11-13-22(14-12-21)28(33)34)26(31)27(32)25(30)23(15-19-7-3-1-4-8-19)35-17-20-9-5-2-6-10-20/h1-14,23-27,29-32H,15-18H2/t23?,24-,25-,26-,27-/m1/s1. The van der Waals surface area contributed by atoms with Crippen molar-refractivity contribution in [1.29, 1.82) is 0 Å². The van der Waals surface area contributed by atoms with Gasteiger partial charge >= 0.3 is 0 Å². The summed E-state index contributed by atoms with van der Waals surface area (Å²) in [5, 5.41) is 53.0. The number of rotatable bonds is 14. The number of aliphatic hydroxyl groups is 4. The predicted octanol–water partition coefficient (Wildman–Crippen LogP) is 2.38. The summed E-state index contributed by atoms with van der Waals surface area (Å²) < 4.78 is 11.5. The first-order valence-corrected chi connectivity index (χ1v) is 11.6. The van der Waals surface area contributed by atoms with Gasteiger partial charge in [-0.2, -0.15) is 0 Å². The third kappa shape index (κ3) is 7.92. The number of non-ortho nitro benzene ring substituents is 1. The highest BCUT2D eigenvalue weighted by Gasteiger charge is 2.36. The monoisotopic (exact) mass is 497 g/mol. The molecule has 5 atom stereocenters. The Labute approximate surface area is 209 Å². The van der Waals surface area contributed by atoms with Gasteiger partial charge in [0.1, 0.15) is 24.4 Å². The number of nitro groups is 1. The second-order valence-electron chi connectivity index (χ2n) is 8.45. The molecule has 1 unspecified atom stereocenters. The summed E-state index contributed by atoms with van der Waals surface area (Å²) >= 11 is 0. The highest BCUT2D eigenvalue weighted by molar-refractivity contribution is 5.32. The van der Waals surface area contributed by atoms with Gasteiger partial charge < -0.3 is 29.9 Å². The first-order valence-electron chi connectivity index (χ1n) is 11.6. The van der Waals surface area contributed by atoms with Crippen LogP contribution in [-0.2, 0) is 29.1 Å². The van der Waals surface area contributed by atoms with Crippen molar-refractivity contribution in [2.75, 3.05) is 6.61 Å². The lowest BCUT2D eigenvalue weighted by Crippen LogP contribution is -2.51. The van der Waals surface area contributed by atoms with Crippen molar-refractivity contribution < 1.29 is 34.8 Å². The van der Waals surface area contributed by atoms with Crippen molar-refractivity contribution in [3.63, 3.8) is 0 Å². The molecule has 0 saturated heterocycles. The van der Waals surface area contributed by atoms with Crippen LogP contribution in [0.5, 0.6) is 0 Å². The van der Waals surface area contributed by atoms with Crippen LogP contribution in [-0.4, -0.2) is 62.5 Å². The van der Waals surface area contributed by atoms with Gasteiger partial charge in [0, 0.05) is 18.6 Å². The van der Waals surface area contributed by atoms with Gasteiger partial charge in [0.25, 0.3) is 5.69 Å². The van der Waals surface area contributed by atoms with E-state index in [9.17, 15) is 30.5 Å². The predicted molar refractivity (Wildman–Crippen MR) is 132 cm³/mol. The average Bonchev–Trinajstić information content (AvgIpc) is 2.91. The molecule has 0 spiro atoms. The van der Waals surface area contributed by atoms with E-state index >= 15 is 0 Å². The van der Waals surface area contributed by atoms with Gasteiger partial charge in [0.05, 0.1) is 30.8 Å². The number of hydrogen-bond acceptors (Lipinski definition) is 8.